The lowest BCUT2D eigenvalue weighted by molar-refractivity contribution is 0.670. The summed E-state index contributed by atoms with van der Waals surface area (Å²) in [7, 11) is 0. The average molecular weight is 1220 g/mol. The summed E-state index contributed by atoms with van der Waals surface area (Å²) in [5, 5.41) is 17.0. The molecule has 0 amide bonds. The third kappa shape index (κ3) is 8.51. The van der Waals surface area contributed by atoms with Crippen molar-refractivity contribution in [1.82, 2.24) is 0 Å². The Morgan fingerprint density at radius 2 is 0.958 bits per heavy atom. The van der Waals surface area contributed by atoms with Crippen molar-refractivity contribution in [2.75, 3.05) is 39.2 Å². The molecule has 16 aromatic rings. The zero-order valence-electron chi connectivity index (χ0n) is 51.6. The molecule has 95 heavy (non-hydrogen) atoms. The Labute approximate surface area is 547 Å². The summed E-state index contributed by atoms with van der Waals surface area (Å²) in [6.07, 6.45) is 22.0. The van der Waals surface area contributed by atoms with Crippen LogP contribution >= 0.6 is 0 Å². The third-order valence-electron chi connectivity index (χ3n) is 19.6. The SMILES string of the molecule is [C-]#[N+]c1cccc2c1oc1c(N3C=CC=CC3)cc3c(N(c4ccccc4)c4c5ccccc5c(-c5c6ccccc6cc6ccccc56)c5ccccc45)cc4cc(N5C=C(c6ccccc6)C=CC5)c5c6cccc(N7C=CC(c8ccccc8)=CC7)c6oc5c4c3c12. The van der Waals surface area contributed by atoms with Gasteiger partial charge in [-0.15, -0.1) is 0 Å². The largest absolute Gasteiger partial charge is 0.465 e. The van der Waals surface area contributed by atoms with Crippen molar-refractivity contribution in [3.05, 3.63) is 332 Å². The molecule has 0 fully saturated rings. The van der Waals surface area contributed by atoms with Crippen LogP contribution in [0.5, 0.6) is 0 Å². The van der Waals surface area contributed by atoms with Crippen LogP contribution in [0.1, 0.15) is 11.1 Å². The lowest BCUT2D eigenvalue weighted by atomic mass is 9.85. The first-order valence-electron chi connectivity index (χ1n) is 32.5. The Bertz CT molecular complexity index is 6050. The smallest absolute Gasteiger partial charge is 0.229 e. The van der Waals surface area contributed by atoms with E-state index in [1.165, 1.54) is 43.8 Å². The number of hydrogen-bond donors (Lipinski definition) is 0. The first kappa shape index (κ1) is 54.1. The zero-order chi connectivity index (χ0) is 62.7. The summed E-state index contributed by atoms with van der Waals surface area (Å²) in [6, 6.07) is 90.0. The number of furan rings is 2. The van der Waals surface area contributed by atoms with Crippen molar-refractivity contribution in [3.63, 3.8) is 0 Å². The molecule has 0 atom stereocenters. The molecule has 0 saturated heterocycles. The van der Waals surface area contributed by atoms with Gasteiger partial charge in [0.05, 0.1) is 40.4 Å². The van der Waals surface area contributed by atoms with Gasteiger partial charge in [0.25, 0.3) is 0 Å². The fraction of sp³-hybridized carbons (Fsp3) is 0.0341. The molecule has 14 aromatic carbocycles. The van der Waals surface area contributed by atoms with Crippen molar-refractivity contribution in [1.29, 1.82) is 0 Å². The molecule has 0 spiro atoms. The highest BCUT2D eigenvalue weighted by Crippen LogP contribution is 2.57. The summed E-state index contributed by atoms with van der Waals surface area (Å²) < 4.78 is 15.2. The van der Waals surface area contributed by atoms with Crippen molar-refractivity contribution < 1.29 is 8.83 Å². The van der Waals surface area contributed by atoms with E-state index in [1.54, 1.807) is 0 Å². The lowest BCUT2D eigenvalue weighted by Crippen LogP contribution is -2.19. The quantitative estimate of drug-likeness (QED) is 0.0815. The number of rotatable bonds is 9. The van der Waals surface area contributed by atoms with Gasteiger partial charge < -0.3 is 28.4 Å². The molecule has 0 radical (unpaired) electrons. The van der Waals surface area contributed by atoms with Crippen LogP contribution in [0, 0.1) is 6.57 Å². The van der Waals surface area contributed by atoms with Gasteiger partial charge in [-0.25, -0.2) is 4.85 Å². The molecule has 2 aromatic heterocycles. The van der Waals surface area contributed by atoms with Crippen LogP contribution in [-0.4, -0.2) is 19.6 Å². The number of fused-ring (bicyclic) bond motifs is 15. The van der Waals surface area contributed by atoms with E-state index in [9.17, 15) is 0 Å². The lowest BCUT2D eigenvalue weighted by Gasteiger charge is -2.32. The normalized spacial score (nSPS) is 14.1. The molecule has 0 aliphatic carbocycles. The highest BCUT2D eigenvalue weighted by Gasteiger charge is 2.32. The van der Waals surface area contributed by atoms with Crippen LogP contribution in [0.2, 0.25) is 0 Å². The molecule has 7 nitrogen and oxygen atoms in total. The maximum Gasteiger partial charge on any atom is 0.229 e. The number of hydrogen-bond acceptors (Lipinski definition) is 6. The highest BCUT2D eigenvalue weighted by molar-refractivity contribution is 6.39. The van der Waals surface area contributed by atoms with Gasteiger partial charge >= 0.3 is 0 Å². The van der Waals surface area contributed by atoms with Gasteiger partial charge in [-0.2, -0.15) is 0 Å². The van der Waals surface area contributed by atoms with E-state index in [2.05, 4.69) is 322 Å². The molecule has 0 N–H and O–H groups in total. The van der Waals surface area contributed by atoms with Crippen LogP contribution in [-0.2, 0) is 0 Å². The fourth-order valence-electron chi connectivity index (χ4n) is 15.5. The summed E-state index contributed by atoms with van der Waals surface area (Å²) in [5.74, 6) is 0. The molecule has 0 unspecified atom stereocenters. The van der Waals surface area contributed by atoms with Crippen LogP contribution in [0.3, 0.4) is 0 Å². The summed E-state index contributed by atoms with van der Waals surface area (Å²) in [5.41, 5.74) is 16.2. The predicted octanol–water partition coefficient (Wildman–Crippen LogP) is 23.8. The van der Waals surface area contributed by atoms with Crippen LogP contribution < -0.4 is 19.6 Å². The second-order valence-electron chi connectivity index (χ2n) is 24.8. The standard InChI is InChI=1S/C88H57N5O2/c1-89-73-42-22-40-71-83-82-72(54-77(87(83)94-85(71)73)90-46-20-5-21-47-90)75(93(63-32-10-4-11-33-63)84-68-38-18-16-36-66(68)80(67-37-17-19-39-69(67)84)79-64-34-14-12-29-59(64)51-60-30-13-15-35-65(60)79)52-62-53-76(92-48-24-31-61(55-92)57-27-8-3-9-28-57)81-70-41-23-43-74(86(70)95-88(81)78(62)82)91-49-44-58(45-50-91)56-25-6-2-7-26-56/h2-46,49,51-55H,47-48,50H2. The van der Waals surface area contributed by atoms with E-state index in [0.717, 1.165) is 121 Å². The van der Waals surface area contributed by atoms with Crippen molar-refractivity contribution in [2.24, 2.45) is 0 Å². The van der Waals surface area contributed by atoms with Gasteiger partial charge in [0.1, 0.15) is 11.2 Å². The molecule has 19 rings (SSSR count). The van der Waals surface area contributed by atoms with Gasteiger partial charge in [-0.05, 0) is 126 Å². The van der Waals surface area contributed by atoms with E-state index in [4.69, 9.17) is 15.4 Å². The second kappa shape index (κ2) is 21.8. The predicted molar refractivity (Wildman–Crippen MR) is 400 cm³/mol. The van der Waals surface area contributed by atoms with Gasteiger partial charge in [0.2, 0.25) is 5.69 Å². The molecule has 7 heteroatoms. The molecule has 3 aliphatic rings. The highest BCUT2D eigenvalue weighted by atomic mass is 16.3. The molecular weight excluding hydrogens is 1160 g/mol. The van der Waals surface area contributed by atoms with E-state index >= 15 is 0 Å². The Hall–Kier alpha value is -12.6. The zero-order valence-corrected chi connectivity index (χ0v) is 51.6. The Morgan fingerprint density at radius 1 is 0.368 bits per heavy atom. The number of nitrogens with zero attached hydrogens (tertiary/aromatic N) is 5. The van der Waals surface area contributed by atoms with Gasteiger partial charge in [-0.1, -0.05) is 237 Å². The number of para-hydroxylation sites is 3. The molecule has 0 bridgehead atoms. The number of anilines is 6. The molecule has 3 aliphatic heterocycles. The van der Waals surface area contributed by atoms with Crippen LogP contribution in [0.15, 0.2) is 319 Å². The topological polar surface area (TPSA) is 43.6 Å². The molecule has 0 saturated carbocycles. The van der Waals surface area contributed by atoms with Gasteiger partial charge in [0, 0.05) is 87.0 Å². The second-order valence-corrected chi connectivity index (χ2v) is 24.8. The number of benzene rings is 14. The first-order chi connectivity index (χ1) is 47.1. The molecular formula is C88H57N5O2. The minimum atomic E-state index is 0.453. The van der Waals surface area contributed by atoms with Crippen LogP contribution in [0.25, 0.3) is 136 Å². The van der Waals surface area contributed by atoms with Gasteiger partial charge in [-0.3, -0.25) is 0 Å². The summed E-state index contributed by atoms with van der Waals surface area (Å²) >= 11 is 0. The van der Waals surface area contributed by atoms with Crippen molar-refractivity contribution in [2.45, 2.75) is 0 Å². The monoisotopic (exact) mass is 1220 g/mol. The number of allylic oxidation sites excluding steroid dienone is 6. The van der Waals surface area contributed by atoms with Gasteiger partial charge in [0.15, 0.2) is 11.2 Å². The summed E-state index contributed by atoms with van der Waals surface area (Å²) in [6.45, 7) is 10.5. The Kier molecular flexibility index (Phi) is 12.4. The van der Waals surface area contributed by atoms with Crippen molar-refractivity contribution >= 4 is 159 Å². The minimum absolute atomic E-state index is 0.453. The fourth-order valence-corrected chi connectivity index (χ4v) is 15.5. The maximum atomic E-state index is 8.61. The van der Waals surface area contributed by atoms with E-state index in [1.807, 2.05) is 12.1 Å². The molecule has 446 valence electrons. The molecule has 5 heterocycles. The van der Waals surface area contributed by atoms with Crippen molar-refractivity contribution in [3.8, 4) is 11.1 Å². The summed E-state index contributed by atoms with van der Waals surface area (Å²) in [4.78, 5) is 13.6. The average Bonchev–Trinajstić information content (AvgIpc) is 1.56. The minimum Gasteiger partial charge on any atom is -0.465 e. The van der Waals surface area contributed by atoms with E-state index < -0.39 is 0 Å². The van der Waals surface area contributed by atoms with E-state index in [0.29, 0.717) is 36.5 Å². The first-order valence-corrected chi connectivity index (χ1v) is 32.5. The third-order valence-corrected chi connectivity index (χ3v) is 19.6. The maximum absolute atomic E-state index is 8.61. The Morgan fingerprint density at radius 3 is 1.63 bits per heavy atom. The van der Waals surface area contributed by atoms with Crippen LogP contribution in [0.4, 0.5) is 39.8 Å². The Balaban J connectivity index is 0.981. The van der Waals surface area contributed by atoms with E-state index in [-0.39, 0.29) is 0 Å².